The Morgan fingerprint density at radius 1 is 1.25 bits per heavy atom. The lowest BCUT2D eigenvalue weighted by Gasteiger charge is -2.14. The van der Waals surface area contributed by atoms with Gasteiger partial charge in [0.2, 0.25) is 5.95 Å². The Labute approximate surface area is 142 Å². The number of benzene rings is 1. The number of hydrogen-bond donors (Lipinski definition) is 2. The zero-order chi connectivity index (χ0) is 16.9. The molecule has 0 atom stereocenters. The predicted octanol–water partition coefficient (Wildman–Crippen LogP) is 3.76. The molecule has 1 aromatic heterocycles. The van der Waals surface area contributed by atoms with Crippen molar-refractivity contribution in [2.45, 2.75) is 52.0 Å². The molecule has 1 fully saturated rings. The second kappa shape index (κ2) is 7.43. The molecule has 1 amide bonds. The van der Waals surface area contributed by atoms with Crippen molar-refractivity contribution < 1.29 is 4.79 Å². The van der Waals surface area contributed by atoms with Crippen LogP contribution in [0.1, 0.15) is 54.2 Å². The number of amides is 1. The highest BCUT2D eigenvalue weighted by atomic mass is 16.1. The molecule has 0 saturated heterocycles. The van der Waals surface area contributed by atoms with Gasteiger partial charge in [-0.1, -0.05) is 38.0 Å². The number of carbonyl (C=O) groups excluding carboxylic acids is 1. The fraction of sp³-hybridized carbons (Fsp3) is 0.421. The zero-order valence-corrected chi connectivity index (χ0v) is 14.3. The summed E-state index contributed by atoms with van der Waals surface area (Å²) in [5.41, 5.74) is 3.78. The van der Waals surface area contributed by atoms with E-state index in [-0.39, 0.29) is 11.9 Å². The molecule has 0 aliphatic heterocycles. The maximum Gasteiger partial charge on any atom is 0.270 e. The molecule has 0 spiro atoms. The third-order valence-corrected chi connectivity index (χ3v) is 4.56. The van der Waals surface area contributed by atoms with Crippen LogP contribution in [0.25, 0.3) is 0 Å². The molecular weight excluding hydrogens is 300 g/mol. The zero-order valence-electron chi connectivity index (χ0n) is 14.3. The standard InChI is InChI=1S/C19H24N4O/c1-3-14-8-6-7-13(2)17(14)23-19-20-12-11-16(22-19)18(24)21-15-9-4-5-10-15/h6-8,11-12,15H,3-5,9-10H2,1-2H3,(H,21,24)(H,20,22,23). The van der Waals surface area contributed by atoms with Crippen molar-refractivity contribution in [1.82, 2.24) is 15.3 Å². The first-order valence-electron chi connectivity index (χ1n) is 8.67. The van der Waals surface area contributed by atoms with Crippen molar-refractivity contribution in [3.8, 4) is 0 Å². The Balaban J connectivity index is 1.77. The van der Waals surface area contributed by atoms with Gasteiger partial charge in [0.05, 0.1) is 0 Å². The maximum atomic E-state index is 12.4. The second-order valence-electron chi connectivity index (χ2n) is 6.31. The Kier molecular flexibility index (Phi) is 5.08. The molecule has 24 heavy (non-hydrogen) atoms. The second-order valence-corrected chi connectivity index (χ2v) is 6.31. The van der Waals surface area contributed by atoms with Gasteiger partial charge in [0, 0.05) is 17.9 Å². The van der Waals surface area contributed by atoms with E-state index in [1.54, 1.807) is 12.3 Å². The largest absolute Gasteiger partial charge is 0.348 e. The summed E-state index contributed by atoms with van der Waals surface area (Å²) in [6.07, 6.45) is 7.05. The van der Waals surface area contributed by atoms with Crippen molar-refractivity contribution in [3.05, 3.63) is 47.3 Å². The number of hydrogen-bond acceptors (Lipinski definition) is 4. The number of para-hydroxylation sites is 1. The van der Waals surface area contributed by atoms with Crippen molar-refractivity contribution in [3.63, 3.8) is 0 Å². The van der Waals surface area contributed by atoms with Crippen LogP contribution in [0.15, 0.2) is 30.5 Å². The van der Waals surface area contributed by atoms with Crippen molar-refractivity contribution in [1.29, 1.82) is 0 Å². The van der Waals surface area contributed by atoms with E-state index < -0.39 is 0 Å². The van der Waals surface area contributed by atoms with Gasteiger partial charge in [-0.05, 0) is 43.4 Å². The van der Waals surface area contributed by atoms with E-state index in [1.807, 2.05) is 6.07 Å². The van der Waals surface area contributed by atoms with Crippen LogP contribution in [0.3, 0.4) is 0 Å². The van der Waals surface area contributed by atoms with Gasteiger partial charge in [0.25, 0.3) is 5.91 Å². The monoisotopic (exact) mass is 324 g/mol. The summed E-state index contributed by atoms with van der Waals surface area (Å²) in [4.78, 5) is 21.0. The topological polar surface area (TPSA) is 66.9 Å². The van der Waals surface area contributed by atoms with Gasteiger partial charge in [0.1, 0.15) is 5.69 Å². The maximum absolute atomic E-state index is 12.4. The van der Waals surface area contributed by atoms with Gasteiger partial charge >= 0.3 is 0 Å². The normalized spacial score (nSPS) is 14.6. The van der Waals surface area contributed by atoms with Crippen LogP contribution in [-0.2, 0) is 6.42 Å². The predicted molar refractivity (Wildman–Crippen MR) is 95.6 cm³/mol. The SMILES string of the molecule is CCc1cccc(C)c1Nc1nccc(C(=O)NC2CCCC2)n1. The third kappa shape index (κ3) is 3.72. The van der Waals surface area contributed by atoms with Crippen LogP contribution in [0.2, 0.25) is 0 Å². The molecule has 1 heterocycles. The van der Waals surface area contributed by atoms with Crippen molar-refractivity contribution in [2.24, 2.45) is 0 Å². The lowest BCUT2D eigenvalue weighted by molar-refractivity contribution is 0.0933. The van der Waals surface area contributed by atoms with Crippen molar-refractivity contribution in [2.75, 3.05) is 5.32 Å². The summed E-state index contributed by atoms with van der Waals surface area (Å²) in [7, 11) is 0. The van der Waals surface area contributed by atoms with E-state index in [4.69, 9.17) is 0 Å². The van der Waals surface area contributed by atoms with Gasteiger partial charge in [0.15, 0.2) is 0 Å². The van der Waals surface area contributed by atoms with Crippen LogP contribution in [0.5, 0.6) is 0 Å². The van der Waals surface area contributed by atoms with E-state index in [9.17, 15) is 4.79 Å². The summed E-state index contributed by atoms with van der Waals surface area (Å²) in [6.45, 7) is 4.17. The Morgan fingerprint density at radius 3 is 2.79 bits per heavy atom. The fourth-order valence-corrected chi connectivity index (χ4v) is 3.19. The van der Waals surface area contributed by atoms with Crippen LogP contribution < -0.4 is 10.6 Å². The molecule has 2 N–H and O–H groups in total. The average molecular weight is 324 g/mol. The Bertz CT molecular complexity index is 723. The summed E-state index contributed by atoms with van der Waals surface area (Å²) in [6, 6.07) is 8.14. The number of carbonyl (C=O) groups is 1. The molecule has 1 aromatic carbocycles. The lowest BCUT2D eigenvalue weighted by Crippen LogP contribution is -2.33. The van der Waals surface area contributed by atoms with Gasteiger partial charge in [-0.3, -0.25) is 4.79 Å². The number of aryl methyl sites for hydroxylation is 2. The molecular formula is C19H24N4O. The van der Waals surface area contributed by atoms with E-state index in [0.29, 0.717) is 11.6 Å². The molecule has 1 aliphatic rings. The van der Waals surface area contributed by atoms with Gasteiger partial charge < -0.3 is 10.6 Å². The summed E-state index contributed by atoms with van der Waals surface area (Å²) in [5, 5.41) is 6.34. The van der Waals surface area contributed by atoms with Crippen LogP contribution in [0.4, 0.5) is 11.6 Å². The number of anilines is 2. The molecule has 5 heteroatoms. The number of rotatable bonds is 5. The first-order chi connectivity index (χ1) is 11.7. The minimum absolute atomic E-state index is 0.118. The minimum atomic E-state index is -0.118. The summed E-state index contributed by atoms with van der Waals surface area (Å²) in [5.74, 6) is 0.339. The molecule has 1 aliphatic carbocycles. The van der Waals surface area contributed by atoms with Gasteiger partial charge in [-0.25, -0.2) is 9.97 Å². The number of nitrogens with zero attached hydrogens (tertiary/aromatic N) is 2. The highest BCUT2D eigenvalue weighted by molar-refractivity contribution is 5.92. The first kappa shape index (κ1) is 16.4. The highest BCUT2D eigenvalue weighted by Gasteiger charge is 2.19. The van der Waals surface area contributed by atoms with E-state index >= 15 is 0 Å². The molecule has 1 saturated carbocycles. The quantitative estimate of drug-likeness (QED) is 0.879. The van der Waals surface area contributed by atoms with Crippen LogP contribution in [0, 0.1) is 6.92 Å². The average Bonchev–Trinajstić information content (AvgIpc) is 3.10. The number of nitrogens with one attached hydrogen (secondary N) is 2. The number of aromatic nitrogens is 2. The van der Waals surface area contributed by atoms with Crippen LogP contribution in [-0.4, -0.2) is 21.9 Å². The highest BCUT2D eigenvalue weighted by Crippen LogP contribution is 2.24. The molecule has 126 valence electrons. The Morgan fingerprint density at radius 2 is 2.04 bits per heavy atom. The summed E-state index contributed by atoms with van der Waals surface area (Å²) < 4.78 is 0. The minimum Gasteiger partial charge on any atom is -0.348 e. The van der Waals surface area contributed by atoms with Crippen LogP contribution >= 0.6 is 0 Å². The molecule has 0 unspecified atom stereocenters. The molecule has 3 rings (SSSR count). The van der Waals surface area contributed by atoms with E-state index in [1.165, 1.54) is 18.4 Å². The molecule has 0 bridgehead atoms. The van der Waals surface area contributed by atoms with Gasteiger partial charge in [-0.2, -0.15) is 0 Å². The third-order valence-electron chi connectivity index (χ3n) is 4.56. The first-order valence-corrected chi connectivity index (χ1v) is 8.67. The smallest absolute Gasteiger partial charge is 0.270 e. The van der Waals surface area contributed by atoms with Gasteiger partial charge in [-0.15, -0.1) is 0 Å². The lowest BCUT2D eigenvalue weighted by atomic mass is 10.1. The fourth-order valence-electron chi connectivity index (χ4n) is 3.19. The molecule has 2 aromatic rings. The molecule has 0 radical (unpaired) electrons. The van der Waals surface area contributed by atoms with Crippen molar-refractivity contribution >= 4 is 17.5 Å². The van der Waals surface area contributed by atoms with E-state index in [2.05, 4.69) is 46.6 Å². The van der Waals surface area contributed by atoms with E-state index in [0.717, 1.165) is 30.5 Å². The Hall–Kier alpha value is -2.43. The summed E-state index contributed by atoms with van der Waals surface area (Å²) >= 11 is 0. The molecule has 5 nitrogen and oxygen atoms in total.